The van der Waals surface area contributed by atoms with E-state index in [4.69, 9.17) is 0 Å². The Morgan fingerprint density at radius 2 is 1.74 bits per heavy atom. The molecule has 1 aromatic carbocycles. The number of hydrogen-bond donors (Lipinski definition) is 1. The van der Waals surface area contributed by atoms with E-state index in [2.05, 4.69) is 6.58 Å². The lowest BCUT2D eigenvalue weighted by Crippen LogP contribution is -2.25. The monoisotopic (exact) mass is 251 g/mol. The van der Waals surface area contributed by atoms with Crippen LogP contribution >= 0.6 is 0 Å². The van der Waals surface area contributed by atoms with E-state index in [1.807, 2.05) is 75.9 Å². The minimum Gasteiger partial charge on any atom is -0.381 e. The van der Waals surface area contributed by atoms with E-state index in [0.29, 0.717) is 0 Å². The van der Waals surface area contributed by atoms with Crippen LogP contribution in [0.4, 0.5) is 0 Å². The predicted octanol–water partition coefficient (Wildman–Crippen LogP) is 3.80. The zero-order valence-corrected chi connectivity index (χ0v) is 11.4. The molecule has 1 unspecified atom stereocenters. The van der Waals surface area contributed by atoms with Crippen LogP contribution in [-0.4, -0.2) is 5.11 Å². The van der Waals surface area contributed by atoms with E-state index < -0.39 is 5.60 Å². The third kappa shape index (κ3) is 3.16. The van der Waals surface area contributed by atoms with Gasteiger partial charge in [-0.1, -0.05) is 48.6 Å². The van der Waals surface area contributed by atoms with Crippen molar-refractivity contribution >= 4 is 0 Å². The molecule has 0 aromatic heterocycles. The second-order valence-electron chi connectivity index (χ2n) is 4.99. The molecule has 1 aliphatic rings. The average molecular weight is 251 g/mol. The molecule has 1 aliphatic carbocycles. The van der Waals surface area contributed by atoms with Crippen LogP contribution in [0.2, 0.25) is 0 Å². The molecule has 1 aromatic rings. The van der Waals surface area contributed by atoms with Crippen LogP contribution in [0.5, 0.6) is 0 Å². The summed E-state index contributed by atoms with van der Waals surface area (Å²) >= 11 is 0. The van der Waals surface area contributed by atoms with Crippen molar-refractivity contribution in [1.82, 2.24) is 0 Å². The van der Waals surface area contributed by atoms with Crippen molar-refractivity contribution in [3.8, 4) is 0 Å². The zero-order valence-electron chi connectivity index (χ0n) is 11.4. The molecule has 0 aliphatic heterocycles. The first-order chi connectivity index (χ1) is 9.01. The predicted molar refractivity (Wildman–Crippen MR) is 79.4 cm³/mol. The fourth-order valence-corrected chi connectivity index (χ4v) is 2.25. The van der Waals surface area contributed by atoms with Crippen LogP contribution in [0.3, 0.4) is 0 Å². The molecule has 0 amide bonds. The topological polar surface area (TPSA) is 20.2 Å². The zero-order chi connectivity index (χ0) is 13.9. The lowest BCUT2D eigenvalue weighted by atomic mass is 9.82. The minimum absolute atomic E-state index is 0.838. The third-order valence-electron chi connectivity index (χ3n) is 3.32. The molecule has 2 rings (SSSR count). The summed E-state index contributed by atoms with van der Waals surface area (Å²) in [6, 6.07) is 9.68. The Bertz CT molecular complexity index is 462. The second kappa shape index (κ2) is 5.75. The van der Waals surface area contributed by atoms with Gasteiger partial charge in [-0.15, -0.1) is 0 Å². The molecule has 97 valence electrons. The fourth-order valence-electron chi connectivity index (χ4n) is 2.25. The highest BCUT2D eigenvalue weighted by molar-refractivity contribution is 5.50. The van der Waals surface area contributed by atoms with Crippen LogP contribution in [0.1, 0.15) is 19.4 Å². The van der Waals surface area contributed by atoms with Crippen LogP contribution in [0, 0.1) is 31.6 Å². The maximum absolute atomic E-state index is 10.9. The van der Waals surface area contributed by atoms with Gasteiger partial charge in [0.25, 0.3) is 0 Å². The van der Waals surface area contributed by atoms with Crippen LogP contribution in [0.25, 0.3) is 0 Å². The first-order valence-corrected chi connectivity index (χ1v) is 6.39. The second-order valence-corrected chi connectivity index (χ2v) is 4.99. The maximum atomic E-state index is 10.9. The van der Waals surface area contributed by atoms with Crippen molar-refractivity contribution in [3.05, 3.63) is 91.3 Å². The van der Waals surface area contributed by atoms with Crippen molar-refractivity contribution in [3.63, 3.8) is 0 Å². The summed E-state index contributed by atoms with van der Waals surface area (Å²) < 4.78 is 0. The molecule has 0 spiro atoms. The van der Waals surface area contributed by atoms with Gasteiger partial charge in [-0.05, 0) is 50.7 Å². The Hall–Kier alpha value is -1.34. The molecule has 1 saturated carbocycles. The fraction of sp³-hybridized carbons (Fsp3) is 0.167. The molecular formula is C18H19O. The highest BCUT2D eigenvalue weighted by Gasteiger charge is 2.29. The molecule has 1 atom stereocenters. The van der Waals surface area contributed by atoms with Crippen LogP contribution in [0.15, 0.2) is 54.1 Å². The summed E-state index contributed by atoms with van der Waals surface area (Å²) in [6.07, 6.45) is 10.0. The van der Waals surface area contributed by atoms with E-state index in [0.717, 1.165) is 22.6 Å². The molecule has 0 bridgehead atoms. The quantitative estimate of drug-likeness (QED) is 0.807. The molecule has 19 heavy (non-hydrogen) atoms. The number of hydrogen-bond acceptors (Lipinski definition) is 1. The van der Waals surface area contributed by atoms with E-state index in [-0.39, 0.29) is 0 Å². The van der Waals surface area contributed by atoms with E-state index >= 15 is 0 Å². The Morgan fingerprint density at radius 3 is 2.26 bits per heavy atom. The van der Waals surface area contributed by atoms with Gasteiger partial charge in [0.05, 0.1) is 0 Å². The van der Waals surface area contributed by atoms with Crippen LogP contribution < -0.4 is 0 Å². The molecule has 5 radical (unpaired) electrons. The smallest absolute Gasteiger partial charge is 0.112 e. The van der Waals surface area contributed by atoms with Gasteiger partial charge < -0.3 is 5.11 Å². The Labute approximate surface area is 116 Å². The first kappa shape index (κ1) is 14.1. The summed E-state index contributed by atoms with van der Waals surface area (Å²) in [4.78, 5) is 0. The molecule has 1 heteroatoms. The SMILES string of the molecule is C=C(C)/C(=C/[C]1[CH][CH][CH][CH]1)C(C)(O)c1ccccc1. The summed E-state index contributed by atoms with van der Waals surface area (Å²) in [7, 11) is 0. The Kier molecular flexibility index (Phi) is 4.26. The number of benzene rings is 1. The van der Waals surface area contributed by atoms with Crippen molar-refractivity contribution in [2.45, 2.75) is 19.4 Å². The van der Waals surface area contributed by atoms with Crippen molar-refractivity contribution in [1.29, 1.82) is 0 Å². The Morgan fingerprint density at radius 1 is 1.16 bits per heavy atom. The number of rotatable bonds is 4. The van der Waals surface area contributed by atoms with Gasteiger partial charge in [-0.2, -0.15) is 0 Å². The lowest BCUT2D eigenvalue weighted by molar-refractivity contribution is 0.0998. The minimum atomic E-state index is -1.04. The Balaban J connectivity index is 2.35. The highest BCUT2D eigenvalue weighted by Crippen LogP contribution is 2.36. The van der Waals surface area contributed by atoms with Crippen molar-refractivity contribution in [2.75, 3.05) is 0 Å². The number of allylic oxidation sites excluding steroid dienone is 1. The summed E-state index contributed by atoms with van der Waals surface area (Å²) in [5.74, 6) is 1.08. The largest absolute Gasteiger partial charge is 0.381 e. The van der Waals surface area contributed by atoms with Crippen molar-refractivity contribution < 1.29 is 5.11 Å². The van der Waals surface area contributed by atoms with Gasteiger partial charge in [0, 0.05) is 5.92 Å². The standard InChI is InChI=1S/C18H19O/c1-14(2)17(13-15-9-7-8-10-15)18(3,19)16-11-5-4-6-12-16/h4-13,19H,1H2,2-3H3/b17-13-. The van der Waals surface area contributed by atoms with Crippen LogP contribution in [-0.2, 0) is 5.60 Å². The van der Waals surface area contributed by atoms with Crippen molar-refractivity contribution in [2.24, 2.45) is 0 Å². The average Bonchev–Trinajstić information content (AvgIpc) is 2.89. The van der Waals surface area contributed by atoms with E-state index in [1.54, 1.807) is 0 Å². The first-order valence-electron chi connectivity index (χ1n) is 6.39. The summed E-state index contributed by atoms with van der Waals surface area (Å²) in [5, 5.41) is 10.9. The van der Waals surface area contributed by atoms with Gasteiger partial charge in [0.2, 0.25) is 0 Å². The normalized spacial score (nSPS) is 20.3. The van der Waals surface area contributed by atoms with Gasteiger partial charge in [0.1, 0.15) is 5.60 Å². The molecule has 1 N–H and O–H groups in total. The van der Waals surface area contributed by atoms with E-state index in [1.165, 1.54) is 0 Å². The van der Waals surface area contributed by atoms with Gasteiger partial charge >= 0.3 is 0 Å². The van der Waals surface area contributed by atoms with E-state index in [9.17, 15) is 5.11 Å². The number of aliphatic hydroxyl groups is 1. The lowest BCUT2D eigenvalue weighted by Gasteiger charge is -2.28. The third-order valence-corrected chi connectivity index (χ3v) is 3.32. The molecule has 0 heterocycles. The summed E-state index contributed by atoms with van der Waals surface area (Å²) in [5.41, 5.74) is 1.54. The molecule has 1 fully saturated rings. The van der Waals surface area contributed by atoms with Gasteiger partial charge in [-0.3, -0.25) is 0 Å². The highest BCUT2D eigenvalue weighted by atomic mass is 16.3. The van der Waals surface area contributed by atoms with Gasteiger partial charge in [0.15, 0.2) is 0 Å². The maximum Gasteiger partial charge on any atom is 0.112 e. The van der Waals surface area contributed by atoms with Gasteiger partial charge in [-0.25, -0.2) is 0 Å². The summed E-state index contributed by atoms with van der Waals surface area (Å²) in [6.45, 7) is 7.73. The molecular weight excluding hydrogens is 232 g/mol. The molecule has 0 saturated heterocycles. The molecule has 1 nitrogen and oxygen atoms in total.